The van der Waals surface area contributed by atoms with Crippen molar-refractivity contribution in [3.05, 3.63) is 39.9 Å². The molecular formula is C26H38N4O12. The van der Waals surface area contributed by atoms with E-state index in [0.717, 1.165) is 0 Å². The largest absolute Gasteiger partial charge is 0.468 e. The summed E-state index contributed by atoms with van der Waals surface area (Å²) in [6, 6.07) is 4.70. The normalized spacial score (nSPS) is 11.6. The Labute approximate surface area is 243 Å². The number of non-ortho nitro benzene ring substituents is 1. The van der Waals surface area contributed by atoms with E-state index in [1.54, 1.807) is 11.0 Å². The maximum absolute atomic E-state index is 12.9. The minimum absolute atomic E-state index is 0.0195. The molecule has 16 nitrogen and oxygen atoms in total. The van der Waals surface area contributed by atoms with E-state index >= 15 is 0 Å². The van der Waals surface area contributed by atoms with Gasteiger partial charge in [0.05, 0.1) is 66.7 Å². The van der Waals surface area contributed by atoms with Gasteiger partial charge in [-0.2, -0.15) is 0 Å². The van der Waals surface area contributed by atoms with Crippen LogP contribution >= 0.6 is 0 Å². The highest BCUT2D eigenvalue weighted by atomic mass is 16.6. The summed E-state index contributed by atoms with van der Waals surface area (Å²) in [4.78, 5) is 76.3. The lowest BCUT2D eigenvalue weighted by Crippen LogP contribution is -2.50. The number of hydrogen-bond acceptors (Lipinski definition) is 15. The molecule has 0 saturated heterocycles. The first-order chi connectivity index (χ1) is 20.0. The van der Waals surface area contributed by atoms with Crippen LogP contribution in [0.1, 0.15) is 5.56 Å². The van der Waals surface area contributed by atoms with Gasteiger partial charge in [-0.3, -0.25) is 48.8 Å². The summed E-state index contributed by atoms with van der Waals surface area (Å²) in [6.07, 6.45) is -0.0195. The van der Waals surface area contributed by atoms with Crippen LogP contribution in [0.15, 0.2) is 24.3 Å². The first-order valence-electron chi connectivity index (χ1n) is 12.7. The quantitative estimate of drug-likeness (QED) is 0.0840. The Kier molecular flexibility index (Phi) is 16.3. The predicted octanol–water partition coefficient (Wildman–Crippen LogP) is -0.723. The van der Waals surface area contributed by atoms with E-state index in [9.17, 15) is 34.1 Å². The van der Waals surface area contributed by atoms with Gasteiger partial charge >= 0.3 is 29.8 Å². The third-order valence-electron chi connectivity index (χ3n) is 6.20. The molecule has 0 aliphatic heterocycles. The molecule has 0 fully saturated rings. The molecule has 1 aromatic rings. The van der Waals surface area contributed by atoms with Crippen molar-refractivity contribution in [2.75, 3.05) is 87.9 Å². The fourth-order valence-electron chi connectivity index (χ4n) is 3.87. The van der Waals surface area contributed by atoms with Crippen LogP contribution in [0.2, 0.25) is 0 Å². The molecule has 42 heavy (non-hydrogen) atoms. The topological polar surface area (TPSA) is 184 Å². The van der Waals surface area contributed by atoms with Crippen LogP contribution in [0.25, 0.3) is 0 Å². The van der Waals surface area contributed by atoms with Gasteiger partial charge in [0.15, 0.2) is 0 Å². The maximum atomic E-state index is 12.9. The fraction of sp³-hybridized carbons (Fsp3) is 0.577. The van der Waals surface area contributed by atoms with E-state index in [4.69, 9.17) is 14.2 Å². The third-order valence-corrected chi connectivity index (χ3v) is 6.20. The van der Waals surface area contributed by atoms with E-state index in [2.05, 4.69) is 9.47 Å². The first kappa shape index (κ1) is 35.9. The van der Waals surface area contributed by atoms with E-state index in [1.807, 2.05) is 0 Å². The standard InChI is InChI=1S/C26H38N4O12/c1-38-22(31)15-27(9-10-28(16-23(32)39-2)17-24(33)40-3)11-12-29(18-25(34)41-4)21(26(35)42-5)14-19-7-6-8-20(13-19)30(36)37/h6-8,13,21H,9-12,14-18H2,1-5H3. The van der Waals surface area contributed by atoms with Gasteiger partial charge in [0.1, 0.15) is 6.04 Å². The molecule has 0 aliphatic carbocycles. The Morgan fingerprint density at radius 3 is 1.69 bits per heavy atom. The van der Waals surface area contributed by atoms with Crippen LogP contribution in [0, 0.1) is 10.1 Å². The molecule has 1 aromatic carbocycles. The zero-order valence-electron chi connectivity index (χ0n) is 24.4. The third kappa shape index (κ3) is 13.0. The fourth-order valence-corrected chi connectivity index (χ4v) is 3.87. The first-order valence-corrected chi connectivity index (χ1v) is 12.7. The second-order valence-corrected chi connectivity index (χ2v) is 8.93. The Bertz CT molecular complexity index is 1070. The van der Waals surface area contributed by atoms with Crippen LogP contribution in [-0.4, -0.2) is 143 Å². The number of carbonyl (C=O) groups excluding carboxylic acids is 5. The SMILES string of the molecule is COC(=O)CN(CCN(CC(=O)OC)CC(=O)OC)CCN(CC(=O)OC)C(Cc1cccc([N+](=O)[O-])c1)C(=O)OC. The van der Waals surface area contributed by atoms with Gasteiger partial charge in [-0.05, 0) is 12.0 Å². The number of ether oxygens (including phenoxy) is 5. The summed E-state index contributed by atoms with van der Waals surface area (Å²) in [5, 5.41) is 11.2. The van der Waals surface area contributed by atoms with Gasteiger partial charge in [-0.25, -0.2) is 0 Å². The lowest BCUT2D eigenvalue weighted by Gasteiger charge is -2.32. The number of hydrogen-bond donors (Lipinski definition) is 0. The molecule has 1 unspecified atom stereocenters. The van der Waals surface area contributed by atoms with Crippen molar-refractivity contribution in [2.24, 2.45) is 0 Å². The second-order valence-electron chi connectivity index (χ2n) is 8.93. The molecule has 0 N–H and O–H groups in total. The highest BCUT2D eigenvalue weighted by molar-refractivity contribution is 5.78. The summed E-state index contributed by atoms with van der Waals surface area (Å²) >= 11 is 0. The van der Waals surface area contributed by atoms with Crippen molar-refractivity contribution in [1.29, 1.82) is 0 Å². The molecule has 0 aliphatic rings. The number of carbonyl (C=O) groups is 5. The van der Waals surface area contributed by atoms with E-state index in [-0.39, 0.29) is 64.5 Å². The van der Waals surface area contributed by atoms with E-state index < -0.39 is 40.8 Å². The maximum Gasteiger partial charge on any atom is 0.323 e. The summed E-state index contributed by atoms with van der Waals surface area (Å²) < 4.78 is 23.9. The van der Waals surface area contributed by atoms with E-state index in [1.165, 1.54) is 63.5 Å². The molecule has 16 heteroatoms. The molecule has 0 spiro atoms. The van der Waals surface area contributed by atoms with Gasteiger partial charge in [0.2, 0.25) is 0 Å². The Morgan fingerprint density at radius 1 is 0.714 bits per heavy atom. The monoisotopic (exact) mass is 598 g/mol. The summed E-state index contributed by atoms with van der Waals surface area (Å²) in [5.74, 6) is -3.06. The van der Waals surface area contributed by atoms with E-state index in [0.29, 0.717) is 5.56 Å². The van der Waals surface area contributed by atoms with Crippen molar-refractivity contribution in [3.63, 3.8) is 0 Å². The summed E-state index contributed by atoms with van der Waals surface area (Å²) in [7, 11) is 6.01. The smallest absolute Gasteiger partial charge is 0.323 e. The van der Waals surface area contributed by atoms with Gasteiger partial charge in [0.25, 0.3) is 5.69 Å². The van der Waals surface area contributed by atoms with Crippen molar-refractivity contribution >= 4 is 35.5 Å². The number of benzene rings is 1. The van der Waals surface area contributed by atoms with Gasteiger partial charge in [-0.15, -0.1) is 0 Å². The van der Waals surface area contributed by atoms with Crippen LogP contribution in [0.5, 0.6) is 0 Å². The van der Waals surface area contributed by atoms with Gasteiger partial charge in [0, 0.05) is 38.3 Å². The minimum Gasteiger partial charge on any atom is -0.468 e. The number of nitro benzene ring substituents is 1. The Balaban J connectivity index is 3.22. The predicted molar refractivity (Wildman–Crippen MR) is 145 cm³/mol. The molecule has 0 heterocycles. The van der Waals surface area contributed by atoms with Crippen molar-refractivity contribution in [2.45, 2.75) is 12.5 Å². The number of methoxy groups -OCH3 is 5. The minimum atomic E-state index is -1.04. The zero-order valence-corrected chi connectivity index (χ0v) is 24.4. The number of rotatable bonds is 19. The summed E-state index contributed by atoms with van der Waals surface area (Å²) in [5.41, 5.74) is 0.297. The Hall–Kier alpha value is -4.15. The van der Waals surface area contributed by atoms with Crippen molar-refractivity contribution in [3.8, 4) is 0 Å². The molecule has 0 bridgehead atoms. The van der Waals surface area contributed by atoms with Gasteiger partial charge < -0.3 is 23.7 Å². The molecule has 0 aromatic heterocycles. The number of nitrogens with zero attached hydrogens (tertiary/aromatic N) is 4. The van der Waals surface area contributed by atoms with Crippen LogP contribution in [0.4, 0.5) is 5.69 Å². The second kappa shape index (κ2) is 19.1. The van der Waals surface area contributed by atoms with Crippen molar-refractivity contribution < 1.29 is 52.6 Å². The van der Waals surface area contributed by atoms with Crippen LogP contribution < -0.4 is 0 Å². The number of esters is 5. The molecule has 0 amide bonds. The molecular weight excluding hydrogens is 560 g/mol. The molecule has 234 valence electrons. The Morgan fingerprint density at radius 2 is 1.19 bits per heavy atom. The molecule has 0 radical (unpaired) electrons. The zero-order chi connectivity index (χ0) is 31.7. The highest BCUT2D eigenvalue weighted by Gasteiger charge is 2.30. The summed E-state index contributed by atoms with van der Waals surface area (Å²) in [6.45, 7) is -0.433. The van der Waals surface area contributed by atoms with Gasteiger partial charge in [-0.1, -0.05) is 12.1 Å². The molecule has 1 atom stereocenters. The average molecular weight is 599 g/mol. The average Bonchev–Trinajstić information content (AvgIpc) is 2.99. The molecule has 1 rings (SSSR count). The highest BCUT2D eigenvalue weighted by Crippen LogP contribution is 2.17. The van der Waals surface area contributed by atoms with Crippen LogP contribution in [0.3, 0.4) is 0 Å². The van der Waals surface area contributed by atoms with Crippen LogP contribution in [-0.2, 0) is 54.1 Å². The number of nitro groups is 1. The molecule has 0 saturated carbocycles. The van der Waals surface area contributed by atoms with Crippen molar-refractivity contribution in [1.82, 2.24) is 14.7 Å². The lowest BCUT2D eigenvalue weighted by atomic mass is 10.0. The lowest BCUT2D eigenvalue weighted by molar-refractivity contribution is -0.384.